The second-order valence-electron chi connectivity index (χ2n) is 5.42. The molecule has 0 saturated carbocycles. The molecule has 1 N–H and O–H groups in total. The summed E-state index contributed by atoms with van der Waals surface area (Å²) in [7, 11) is 0.467. The number of nitrogens with zero attached hydrogens (tertiary/aromatic N) is 2. The third-order valence-electron chi connectivity index (χ3n) is 3.06. The quantitative estimate of drug-likeness (QED) is 0.647. The maximum atomic E-state index is 11.7. The summed E-state index contributed by atoms with van der Waals surface area (Å²) in [5, 5.41) is 2.66. The maximum Gasteiger partial charge on any atom is 0.257 e. The van der Waals surface area contributed by atoms with Crippen molar-refractivity contribution in [1.29, 1.82) is 0 Å². The summed E-state index contributed by atoms with van der Waals surface area (Å²) in [6.07, 6.45) is 1.17. The second-order valence-corrected chi connectivity index (χ2v) is 7.40. The molecule has 0 unspecified atom stereocenters. The standard InChI is InChI=1S/C15H25N3O4S/c1-17(2)11-12-18(23(3,20)21)10-9-16-15(19)13-22-14-7-5-4-6-8-14/h4-8H,9-13H2,1-3H3,(H,16,19). The summed E-state index contributed by atoms with van der Waals surface area (Å²) in [5.74, 6) is 0.335. The van der Waals surface area contributed by atoms with Crippen LogP contribution in [0.25, 0.3) is 0 Å². The Labute approximate surface area is 138 Å². The normalized spacial score (nSPS) is 11.7. The van der Waals surface area contributed by atoms with Gasteiger partial charge in [0.1, 0.15) is 5.75 Å². The third kappa shape index (κ3) is 8.53. The van der Waals surface area contributed by atoms with Gasteiger partial charge in [-0.1, -0.05) is 18.2 Å². The van der Waals surface area contributed by atoms with E-state index in [9.17, 15) is 13.2 Å². The topological polar surface area (TPSA) is 79.0 Å². The lowest BCUT2D eigenvalue weighted by Gasteiger charge is -2.22. The van der Waals surface area contributed by atoms with E-state index in [1.54, 1.807) is 12.1 Å². The highest BCUT2D eigenvalue weighted by Gasteiger charge is 2.16. The second kappa shape index (κ2) is 9.49. The van der Waals surface area contributed by atoms with Gasteiger partial charge in [0.25, 0.3) is 5.91 Å². The molecule has 0 aliphatic heterocycles. The molecule has 0 fully saturated rings. The molecule has 8 heteroatoms. The SMILES string of the molecule is CN(C)CCN(CCNC(=O)COc1ccccc1)S(C)(=O)=O. The zero-order valence-electron chi connectivity index (χ0n) is 13.9. The number of rotatable bonds is 10. The molecule has 0 aromatic heterocycles. The fourth-order valence-corrected chi connectivity index (χ4v) is 2.63. The van der Waals surface area contributed by atoms with E-state index in [0.29, 0.717) is 18.8 Å². The maximum absolute atomic E-state index is 11.7. The van der Waals surface area contributed by atoms with Gasteiger partial charge in [0.05, 0.1) is 6.26 Å². The molecule has 0 atom stereocenters. The van der Waals surface area contributed by atoms with E-state index in [2.05, 4.69) is 5.32 Å². The van der Waals surface area contributed by atoms with E-state index >= 15 is 0 Å². The molecule has 7 nitrogen and oxygen atoms in total. The third-order valence-corrected chi connectivity index (χ3v) is 4.37. The van der Waals surface area contributed by atoms with E-state index < -0.39 is 10.0 Å². The van der Waals surface area contributed by atoms with Gasteiger partial charge in [-0.3, -0.25) is 4.79 Å². The molecule has 0 spiro atoms. The molecule has 0 radical (unpaired) electrons. The van der Waals surface area contributed by atoms with Crippen molar-refractivity contribution < 1.29 is 17.9 Å². The van der Waals surface area contributed by atoms with Crippen LogP contribution in [-0.4, -0.2) is 76.7 Å². The number of hydrogen-bond acceptors (Lipinski definition) is 5. The highest BCUT2D eigenvalue weighted by atomic mass is 32.2. The zero-order valence-corrected chi connectivity index (χ0v) is 14.7. The first-order valence-corrected chi connectivity index (χ1v) is 9.18. The lowest BCUT2D eigenvalue weighted by molar-refractivity contribution is -0.123. The van der Waals surface area contributed by atoms with E-state index in [0.717, 1.165) is 0 Å². The predicted octanol–water partition coefficient (Wildman–Crippen LogP) is 0.00480. The predicted molar refractivity (Wildman–Crippen MR) is 89.9 cm³/mol. The molecule has 0 aliphatic rings. The highest BCUT2D eigenvalue weighted by Crippen LogP contribution is 2.07. The molecule has 1 aromatic carbocycles. The summed E-state index contributed by atoms with van der Waals surface area (Å²) in [5.41, 5.74) is 0. The van der Waals surface area contributed by atoms with Crippen LogP contribution in [0.2, 0.25) is 0 Å². The molecule has 130 valence electrons. The molecule has 1 amide bonds. The number of carbonyl (C=O) groups excluding carboxylic acids is 1. The Hall–Kier alpha value is -1.64. The lowest BCUT2D eigenvalue weighted by atomic mass is 10.3. The van der Waals surface area contributed by atoms with Gasteiger partial charge in [0, 0.05) is 26.2 Å². The van der Waals surface area contributed by atoms with Crippen LogP contribution >= 0.6 is 0 Å². The first-order valence-electron chi connectivity index (χ1n) is 7.33. The number of benzene rings is 1. The van der Waals surface area contributed by atoms with Crippen molar-refractivity contribution in [3.8, 4) is 5.75 Å². The number of amides is 1. The summed E-state index contributed by atoms with van der Waals surface area (Å²) in [6.45, 7) is 1.40. The lowest BCUT2D eigenvalue weighted by Crippen LogP contribution is -2.42. The number of nitrogens with one attached hydrogen (secondary N) is 1. The summed E-state index contributed by atoms with van der Waals surface area (Å²) < 4.78 is 30.1. The Morgan fingerprint density at radius 3 is 2.35 bits per heavy atom. The van der Waals surface area contributed by atoms with Gasteiger partial charge in [0.15, 0.2) is 6.61 Å². The van der Waals surface area contributed by atoms with Gasteiger partial charge in [-0.15, -0.1) is 0 Å². The van der Waals surface area contributed by atoms with Crippen LogP contribution in [0.3, 0.4) is 0 Å². The van der Waals surface area contributed by atoms with Crippen LogP contribution in [-0.2, 0) is 14.8 Å². The molecule has 0 bridgehead atoms. The van der Waals surface area contributed by atoms with Gasteiger partial charge in [-0.2, -0.15) is 4.31 Å². The molecule has 0 aliphatic carbocycles. The summed E-state index contributed by atoms with van der Waals surface area (Å²) in [4.78, 5) is 13.6. The van der Waals surface area contributed by atoms with E-state index in [4.69, 9.17) is 4.74 Å². The number of hydrogen-bond donors (Lipinski definition) is 1. The molecule has 1 rings (SSSR count). The minimum Gasteiger partial charge on any atom is -0.484 e. The van der Waals surface area contributed by atoms with Gasteiger partial charge in [-0.25, -0.2) is 8.42 Å². The van der Waals surface area contributed by atoms with E-state index in [1.165, 1.54) is 10.6 Å². The largest absolute Gasteiger partial charge is 0.484 e. The van der Waals surface area contributed by atoms with Crippen LogP contribution in [0.5, 0.6) is 5.75 Å². The Kier molecular flexibility index (Phi) is 8.01. The number of para-hydroxylation sites is 1. The minimum atomic E-state index is -3.29. The number of sulfonamides is 1. The van der Waals surface area contributed by atoms with Crippen molar-refractivity contribution in [3.63, 3.8) is 0 Å². The van der Waals surface area contributed by atoms with Crippen LogP contribution in [0.4, 0.5) is 0 Å². The smallest absolute Gasteiger partial charge is 0.257 e. The van der Waals surface area contributed by atoms with Crippen LogP contribution < -0.4 is 10.1 Å². The average molecular weight is 343 g/mol. The fourth-order valence-electron chi connectivity index (χ4n) is 1.79. The number of ether oxygens (including phenoxy) is 1. The highest BCUT2D eigenvalue weighted by molar-refractivity contribution is 7.88. The molecule has 0 heterocycles. The molecular weight excluding hydrogens is 318 g/mol. The molecule has 23 heavy (non-hydrogen) atoms. The van der Waals surface area contributed by atoms with E-state index in [-0.39, 0.29) is 25.6 Å². The first-order chi connectivity index (χ1) is 10.8. The fraction of sp³-hybridized carbons (Fsp3) is 0.533. The van der Waals surface area contributed by atoms with Crippen LogP contribution in [0.15, 0.2) is 30.3 Å². The van der Waals surface area contributed by atoms with Crippen molar-refractivity contribution in [2.75, 3.05) is 53.1 Å². The monoisotopic (exact) mass is 343 g/mol. The summed E-state index contributed by atoms with van der Waals surface area (Å²) in [6, 6.07) is 9.03. The first kappa shape index (κ1) is 19.4. The molecule has 0 saturated heterocycles. The Morgan fingerprint density at radius 1 is 1.13 bits per heavy atom. The van der Waals surface area contributed by atoms with Gasteiger partial charge in [-0.05, 0) is 26.2 Å². The average Bonchev–Trinajstić information content (AvgIpc) is 2.48. The van der Waals surface area contributed by atoms with Crippen molar-refractivity contribution in [2.45, 2.75) is 0 Å². The number of likely N-dealkylation sites (N-methyl/N-ethyl adjacent to an activating group) is 1. The molecular formula is C15H25N3O4S. The van der Waals surface area contributed by atoms with Gasteiger partial charge in [0.2, 0.25) is 10.0 Å². The van der Waals surface area contributed by atoms with Gasteiger partial charge < -0.3 is 15.0 Å². The minimum absolute atomic E-state index is 0.0966. The van der Waals surface area contributed by atoms with Crippen molar-refractivity contribution >= 4 is 15.9 Å². The Morgan fingerprint density at radius 2 is 1.78 bits per heavy atom. The van der Waals surface area contributed by atoms with Crippen LogP contribution in [0.1, 0.15) is 0 Å². The van der Waals surface area contributed by atoms with Crippen LogP contribution in [0, 0.1) is 0 Å². The Bertz CT molecular complexity index is 576. The van der Waals surface area contributed by atoms with Crippen molar-refractivity contribution in [2.24, 2.45) is 0 Å². The van der Waals surface area contributed by atoms with Crippen molar-refractivity contribution in [3.05, 3.63) is 30.3 Å². The Balaban J connectivity index is 2.33. The molecule has 1 aromatic rings. The number of carbonyl (C=O) groups is 1. The van der Waals surface area contributed by atoms with Crippen molar-refractivity contribution in [1.82, 2.24) is 14.5 Å². The zero-order chi connectivity index (χ0) is 17.3. The van der Waals surface area contributed by atoms with Gasteiger partial charge >= 0.3 is 0 Å². The summed E-state index contributed by atoms with van der Waals surface area (Å²) >= 11 is 0. The van der Waals surface area contributed by atoms with E-state index in [1.807, 2.05) is 37.2 Å².